The van der Waals surface area contributed by atoms with Gasteiger partial charge in [-0.2, -0.15) is 10.2 Å². The molecule has 0 aliphatic carbocycles. The number of nitrogens with one attached hydrogen (secondary N) is 1. The number of fused-ring (bicyclic) bond motifs is 1. The maximum absolute atomic E-state index is 11.8. The third-order valence-electron chi connectivity index (χ3n) is 2.16. The fraction of sp³-hybridized carbons (Fsp3) is 0.333. The summed E-state index contributed by atoms with van der Waals surface area (Å²) in [6, 6.07) is 0. The quantitative estimate of drug-likeness (QED) is 0.769. The summed E-state index contributed by atoms with van der Waals surface area (Å²) < 4.78 is 25.9. The summed E-state index contributed by atoms with van der Waals surface area (Å²) in [5.41, 5.74) is 1.09. The molecule has 2 heterocycles. The molecule has 1 aromatic rings. The van der Waals surface area contributed by atoms with Crippen LogP contribution in [0.2, 0.25) is 0 Å². The molecule has 0 aromatic carbocycles. The van der Waals surface area contributed by atoms with E-state index in [-0.39, 0.29) is 10.8 Å². The molecule has 1 aliphatic rings. The summed E-state index contributed by atoms with van der Waals surface area (Å²) in [4.78, 5) is 0.245. The highest BCUT2D eigenvalue weighted by Gasteiger charge is 2.26. The van der Waals surface area contributed by atoms with Crippen LogP contribution in [0.25, 0.3) is 6.08 Å². The van der Waals surface area contributed by atoms with Crippen LogP contribution in [0.1, 0.15) is 31.0 Å². The standard InChI is InChI=1S/C9H11N3O2S/c1-6(2)8-9-7(5-10-12-8)3-4-11-15(9,13)14/h3-6,11H,1-2H3. The first-order chi connectivity index (χ1) is 7.02. The first kappa shape index (κ1) is 10.1. The Morgan fingerprint density at radius 2 is 2.13 bits per heavy atom. The van der Waals surface area contributed by atoms with Crippen molar-refractivity contribution in [2.24, 2.45) is 0 Å². The van der Waals surface area contributed by atoms with Crippen LogP contribution in [0.15, 0.2) is 17.3 Å². The Bertz CT molecular complexity index is 520. The van der Waals surface area contributed by atoms with Crippen LogP contribution < -0.4 is 4.72 Å². The van der Waals surface area contributed by atoms with Crippen molar-refractivity contribution in [3.8, 4) is 0 Å². The first-order valence-corrected chi connectivity index (χ1v) is 6.05. The molecule has 5 nitrogen and oxygen atoms in total. The van der Waals surface area contributed by atoms with E-state index in [2.05, 4.69) is 14.9 Å². The summed E-state index contributed by atoms with van der Waals surface area (Å²) in [5, 5.41) is 7.68. The van der Waals surface area contributed by atoms with Gasteiger partial charge in [-0.25, -0.2) is 8.42 Å². The molecule has 15 heavy (non-hydrogen) atoms. The minimum atomic E-state index is -3.46. The molecule has 80 valence electrons. The van der Waals surface area contributed by atoms with E-state index in [1.165, 1.54) is 12.4 Å². The van der Waals surface area contributed by atoms with Gasteiger partial charge in [0.1, 0.15) is 4.90 Å². The van der Waals surface area contributed by atoms with Gasteiger partial charge >= 0.3 is 0 Å². The first-order valence-electron chi connectivity index (χ1n) is 4.57. The predicted octanol–water partition coefficient (Wildman–Crippen LogP) is 0.863. The van der Waals surface area contributed by atoms with Crippen LogP contribution >= 0.6 is 0 Å². The highest BCUT2D eigenvalue weighted by molar-refractivity contribution is 7.89. The summed E-state index contributed by atoms with van der Waals surface area (Å²) in [6.45, 7) is 3.77. The van der Waals surface area contributed by atoms with Gasteiger partial charge in [0.15, 0.2) is 0 Å². The summed E-state index contributed by atoms with van der Waals surface area (Å²) in [6.07, 6.45) is 4.52. The number of rotatable bonds is 1. The van der Waals surface area contributed by atoms with Crippen LogP contribution in [0, 0.1) is 0 Å². The fourth-order valence-electron chi connectivity index (χ4n) is 1.47. The average Bonchev–Trinajstić information content (AvgIpc) is 2.16. The highest BCUT2D eigenvalue weighted by Crippen LogP contribution is 2.26. The van der Waals surface area contributed by atoms with Crippen molar-refractivity contribution in [2.45, 2.75) is 24.7 Å². The van der Waals surface area contributed by atoms with Gasteiger partial charge in [-0.3, -0.25) is 4.72 Å². The summed E-state index contributed by atoms with van der Waals surface area (Å²) in [5.74, 6) is 0.0236. The lowest BCUT2D eigenvalue weighted by Gasteiger charge is -2.16. The SMILES string of the molecule is CC(C)c1nncc2c1S(=O)(=O)NC=C2. The van der Waals surface area contributed by atoms with E-state index in [1.807, 2.05) is 13.8 Å². The number of hydrogen-bond acceptors (Lipinski definition) is 4. The minimum absolute atomic E-state index is 0.0236. The van der Waals surface area contributed by atoms with Crippen molar-refractivity contribution in [1.82, 2.24) is 14.9 Å². The largest absolute Gasteiger partial charge is 0.286 e. The van der Waals surface area contributed by atoms with Gasteiger partial charge in [-0.15, -0.1) is 0 Å². The van der Waals surface area contributed by atoms with Gasteiger partial charge in [0.2, 0.25) is 0 Å². The van der Waals surface area contributed by atoms with Crippen molar-refractivity contribution in [2.75, 3.05) is 0 Å². The van der Waals surface area contributed by atoms with Gasteiger partial charge in [0, 0.05) is 11.8 Å². The van der Waals surface area contributed by atoms with Crippen molar-refractivity contribution in [3.05, 3.63) is 23.7 Å². The Balaban J connectivity index is 2.78. The molecule has 0 bridgehead atoms. The second kappa shape index (κ2) is 3.30. The zero-order valence-electron chi connectivity index (χ0n) is 8.43. The second-order valence-electron chi connectivity index (χ2n) is 3.62. The van der Waals surface area contributed by atoms with E-state index in [0.717, 1.165) is 0 Å². The highest BCUT2D eigenvalue weighted by atomic mass is 32.2. The Hall–Kier alpha value is -1.43. The van der Waals surface area contributed by atoms with Crippen molar-refractivity contribution < 1.29 is 8.42 Å². The van der Waals surface area contributed by atoms with Gasteiger partial charge in [0.05, 0.1) is 11.9 Å². The topological polar surface area (TPSA) is 72.0 Å². The molecular weight excluding hydrogens is 214 g/mol. The predicted molar refractivity (Wildman–Crippen MR) is 55.5 cm³/mol. The van der Waals surface area contributed by atoms with Gasteiger partial charge in [-0.1, -0.05) is 13.8 Å². The Kier molecular flexibility index (Phi) is 2.22. The van der Waals surface area contributed by atoms with Crippen molar-refractivity contribution in [3.63, 3.8) is 0 Å². The second-order valence-corrected chi connectivity index (χ2v) is 5.27. The van der Waals surface area contributed by atoms with Crippen molar-refractivity contribution in [1.29, 1.82) is 0 Å². The number of hydrogen-bond donors (Lipinski definition) is 1. The van der Waals surface area contributed by atoms with Gasteiger partial charge < -0.3 is 0 Å². The van der Waals surface area contributed by atoms with E-state index in [4.69, 9.17) is 0 Å². The van der Waals surface area contributed by atoms with Gasteiger partial charge in [-0.05, 0) is 12.0 Å². The Morgan fingerprint density at radius 1 is 1.40 bits per heavy atom. The smallest absolute Gasteiger partial charge is 0.263 e. The normalized spacial score (nSPS) is 17.3. The molecule has 6 heteroatoms. The zero-order valence-corrected chi connectivity index (χ0v) is 9.25. The van der Waals surface area contributed by atoms with E-state index < -0.39 is 10.0 Å². The number of nitrogens with zero attached hydrogens (tertiary/aromatic N) is 2. The molecule has 1 aliphatic heterocycles. The summed E-state index contributed by atoms with van der Waals surface area (Å²) >= 11 is 0. The fourth-order valence-corrected chi connectivity index (χ4v) is 2.81. The van der Waals surface area contributed by atoms with E-state index in [9.17, 15) is 8.42 Å². The molecule has 0 saturated heterocycles. The molecule has 0 radical (unpaired) electrons. The van der Waals surface area contributed by atoms with E-state index in [0.29, 0.717) is 11.3 Å². The summed E-state index contributed by atoms with van der Waals surface area (Å²) in [7, 11) is -3.46. The Morgan fingerprint density at radius 3 is 2.80 bits per heavy atom. The molecule has 0 fully saturated rings. The van der Waals surface area contributed by atoms with E-state index in [1.54, 1.807) is 6.08 Å². The molecule has 0 unspecified atom stereocenters. The lowest BCUT2D eigenvalue weighted by atomic mass is 10.1. The molecule has 0 spiro atoms. The molecule has 0 atom stereocenters. The monoisotopic (exact) mass is 225 g/mol. The van der Waals surface area contributed by atoms with Crippen LogP contribution in [-0.2, 0) is 10.0 Å². The molecule has 0 amide bonds. The zero-order chi connectivity index (χ0) is 11.1. The van der Waals surface area contributed by atoms with Crippen LogP contribution in [0.3, 0.4) is 0 Å². The molecule has 2 rings (SSSR count). The maximum atomic E-state index is 11.8. The van der Waals surface area contributed by atoms with Crippen LogP contribution in [0.5, 0.6) is 0 Å². The molecule has 0 saturated carbocycles. The minimum Gasteiger partial charge on any atom is -0.286 e. The van der Waals surface area contributed by atoms with Crippen LogP contribution in [-0.4, -0.2) is 18.6 Å². The number of sulfonamides is 1. The molecule has 1 aromatic heterocycles. The molecule has 1 N–H and O–H groups in total. The van der Waals surface area contributed by atoms with Gasteiger partial charge in [0.25, 0.3) is 10.0 Å². The van der Waals surface area contributed by atoms with Crippen LogP contribution in [0.4, 0.5) is 0 Å². The maximum Gasteiger partial charge on any atom is 0.263 e. The van der Waals surface area contributed by atoms with E-state index >= 15 is 0 Å². The third kappa shape index (κ3) is 1.61. The molecular formula is C9H11N3O2S. The lowest BCUT2D eigenvalue weighted by Crippen LogP contribution is -2.24. The average molecular weight is 225 g/mol. The third-order valence-corrected chi connectivity index (χ3v) is 3.59. The number of aromatic nitrogens is 2. The van der Waals surface area contributed by atoms with Crippen molar-refractivity contribution >= 4 is 16.1 Å². The lowest BCUT2D eigenvalue weighted by molar-refractivity contribution is 0.584. The Labute approximate surface area is 88.3 Å².